The van der Waals surface area contributed by atoms with Crippen LogP contribution >= 0.6 is 11.6 Å². The van der Waals surface area contributed by atoms with Crippen LogP contribution in [0.3, 0.4) is 0 Å². The van der Waals surface area contributed by atoms with E-state index in [0.717, 1.165) is 18.2 Å². The molecule has 0 fully saturated rings. The van der Waals surface area contributed by atoms with Crippen molar-refractivity contribution in [2.75, 3.05) is 25.6 Å². The van der Waals surface area contributed by atoms with Crippen molar-refractivity contribution in [2.45, 2.75) is 13.1 Å². The topological polar surface area (TPSA) is 97.6 Å². The zero-order valence-corrected chi connectivity index (χ0v) is 18.2. The number of benzene rings is 2. The molecular weight excluding hydrogens is 465 g/mol. The third-order valence-electron chi connectivity index (χ3n) is 4.02. The standard InChI is InChI=1S/C22H18ClF3N2O5/c1-3-32-18-9-13(8-17(23)20(18)33-12-19(29)31-2)7-14(11-27)21(30)28-16-6-4-5-15(10-16)22(24,25)26/h4-10H,3,12H2,1-2H3,(H,28,30)/b14-7-. The summed E-state index contributed by atoms with van der Waals surface area (Å²) < 4.78 is 53.9. The van der Waals surface area contributed by atoms with Crippen molar-refractivity contribution in [1.82, 2.24) is 0 Å². The fraction of sp³-hybridized carbons (Fsp3) is 0.227. The Kier molecular flexibility index (Phi) is 8.70. The van der Waals surface area contributed by atoms with Gasteiger partial charge in [0.15, 0.2) is 18.1 Å². The van der Waals surface area contributed by atoms with Gasteiger partial charge in [-0.3, -0.25) is 4.79 Å². The van der Waals surface area contributed by atoms with Gasteiger partial charge in [0.2, 0.25) is 0 Å². The Morgan fingerprint density at radius 3 is 2.55 bits per heavy atom. The van der Waals surface area contributed by atoms with Gasteiger partial charge in [0.1, 0.15) is 11.6 Å². The maximum Gasteiger partial charge on any atom is 0.416 e. The van der Waals surface area contributed by atoms with Gasteiger partial charge in [-0.2, -0.15) is 18.4 Å². The highest BCUT2D eigenvalue weighted by Gasteiger charge is 2.30. The molecule has 0 bridgehead atoms. The van der Waals surface area contributed by atoms with Gasteiger partial charge >= 0.3 is 12.1 Å². The van der Waals surface area contributed by atoms with Gasteiger partial charge < -0.3 is 19.5 Å². The second-order valence-electron chi connectivity index (χ2n) is 6.33. The summed E-state index contributed by atoms with van der Waals surface area (Å²) in [4.78, 5) is 23.8. The van der Waals surface area contributed by atoms with Gasteiger partial charge in [0.25, 0.3) is 5.91 Å². The van der Waals surface area contributed by atoms with Crippen molar-refractivity contribution in [2.24, 2.45) is 0 Å². The molecule has 0 atom stereocenters. The maximum atomic E-state index is 12.9. The summed E-state index contributed by atoms with van der Waals surface area (Å²) >= 11 is 6.22. The first-order chi connectivity index (χ1) is 15.6. The second-order valence-corrected chi connectivity index (χ2v) is 6.74. The summed E-state index contributed by atoms with van der Waals surface area (Å²) in [6, 6.07) is 8.50. The molecule has 0 aromatic heterocycles. The van der Waals surface area contributed by atoms with Crippen molar-refractivity contribution >= 4 is 35.2 Å². The van der Waals surface area contributed by atoms with Gasteiger partial charge in [-0.15, -0.1) is 0 Å². The van der Waals surface area contributed by atoms with E-state index in [4.69, 9.17) is 21.1 Å². The first-order valence-electron chi connectivity index (χ1n) is 9.35. The van der Waals surface area contributed by atoms with Gasteiger partial charge in [-0.1, -0.05) is 17.7 Å². The molecule has 2 aromatic carbocycles. The molecule has 11 heteroatoms. The lowest BCUT2D eigenvalue weighted by Gasteiger charge is -2.14. The Balaban J connectivity index is 2.32. The number of nitrogens with zero attached hydrogens (tertiary/aromatic N) is 1. The molecule has 0 spiro atoms. The summed E-state index contributed by atoms with van der Waals surface area (Å²) in [5.41, 5.74) is -1.19. The SMILES string of the molecule is CCOc1cc(/C=C(/C#N)C(=O)Nc2cccc(C(F)(F)F)c2)cc(Cl)c1OCC(=O)OC. The molecule has 0 saturated carbocycles. The summed E-state index contributed by atoms with van der Waals surface area (Å²) in [7, 11) is 1.19. The maximum absolute atomic E-state index is 12.9. The van der Waals surface area contributed by atoms with E-state index < -0.39 is 35.8 Å². The average molecular weight is 483 g/mol. The summed E-state index contributed by atoms with van der Waals surface area (Å²) in [6.07, 6.45) is -3.40. The zero-order valence-electron chi connectivity index (χ0n) is 17.5. The van der Waals surface area contributed by atoms with E-state index in [2.05, 4.69) is 10.1 Å². The van der Waals surface area contributed by atoms with Crippen LogP contribution in [-0.4, -0.2) is 32.2 Å². The molecule has 2 rings (SSSR count). The Labute approximate surface area is 192 Å². The average Bonchev–Trinajstić information content (AvgIpc) is 2.76. The van der Waals surface area contributed by atoms with Crippen molar-refractivity contribution in [1.29, 1.82) is 5.26 Å². The quantitative estimate of drug-likeness (QED) is 0.328. The number of esters is 1. The van der Waals surface area contributed by atoms with Crippen LogP contribution in [-0.2, 0) is 20.5 Å². The van der Waals surface area contributed by atoms with Gasteiger partial charge in [-0.25, -0.2) is 4.79 Å². The molecule has 2 aromatic rings. The van der Waals surface area contributed by atoms with Gasteiger partial charge in [-0.05, 0) is 48.9 Å². The number of alkyl halides is 3. The number of methoxy groups -OCH3 is 1. The largest absolute Gasteiger partial charge is 0.490 e. The first-order valence-corrected chi connectivity index (χ1v) is 9.73. The number of carbonyl (C=O) groups is 2. The van der Waals surface area contributed by atoms with Crippen molar-refractivity contribution in [3.05, 3.63) is 58.1 Å². The molecule has 7 nitrogen and oxygen atoms in total. The Morgan fingerprint density at radius 2 is 1.94 bits per heavy atom. The van der Waals surface area contributed by atoms with E-state index in [1.165, 1.54) is 31.4 Å². The van der Waals surface area contributed by atoms with E-state index in [0.29, 0.717) is 0 Å². The molecule has 1 amide bonds. The molecular formula is C22H18ClF3N2O5. The summed E-state index contributed by atoms with van der Waals surface area (Å²) in [5, 5.41) is 11.7. The van der Waals surface area contributed by atoms with Gasteiger partial charge in [0.05, 0.1) is 24.3 Å². The molecule has 174 valence electrons. The van der Waals surface area contributed by atoms with Crippen molar-refractivity contribution < 1.29 is 37.0 Å². The Morgan fingerprint density at radius 1 is 1.21 bits per heavy atom. The Hall–Kier alpha value is -3.71. The molecule has 0 aliphatic heterocycles. The lowest BCUT2D eigenvalue weighted by atomic mass is 10.1. The minimum atomic E-state index is -4.58. The van der Waals surface area contributed by atoms with Crippen molar-refractivity contribution in [3.8, 4) is 17.6 Å². The summed E-state index contributed by atoms with van der Waals surface area (Å²) in [5.74, 6) is -1.35. The fourth-order valence-corrected chi connectivity index (χ4v) is 2.82. The van der Waals surface area contributed by atoms with Crippen LogP contribution in [0.15, 0.2) is 42.0 Å². The number of nitriles is 1. The number of anilines is 1. The molecule has 0 unspecified atom stereocenters. The second kappa shape index (κ2) is 11.2. The third-order valence-corrected chi connectivity index (χ3v) is 4.30. The highest BCUT2D eigenvalue weighted by Crippen LogP contribution is 2.37. The molecule has 1 N–H and O–H groups in total. The first kappa shape index (κ1) is 25.5. The van der Waals surface area contributed by atoms with Gasteiger partial charge in [0, 0.05) is 5.69 Å². The number of hydrogen-bond donors (Lipinski definition) is 1. The predicted octanol–water partition coefficient (Wildman–Crippen LogP) is 4.85. The molecule has 0 aliphatic rings. The lowest BCUT2D eigenvalue weighted by Crippen LogP contribution is -2.14. The minimum absolute atomic E-state index is 0.0340. The smallest absolute Gasteiger partial charge is 0.416 e. The number of rotatable bonds is 8. The predicted molar refractivity (Wildman–Crippen MR) is 114 cm³/mol. The van der Waals surface area contributed by atoms with Crippen LogP contribution in [0, 0.1) is 11.3 Å². The van der Waals surface area contributed by atoms with E-state index in [1.54, 1.807) is 13.0 Å². The normalized spacial score (nSPS) is 11.4. The molecule has 0 heterocycles. The van der Waals surface area contributed by atoms with Crippen molar-refractivity contribution in [3.63, 3.8) is 0 Å². The molecule has 33 heavy (non-hydrogen) atoms. The number of carbonyl (C=O) groups excluding carboxylic acids is 2. The minimum Gasteiger partial charge on any atom is -0.490 e. The molecule has 0 radical (unpaired) electrons. The monoisotopic (exact) mass is 482 g/mol. The van der Waals surface area contributed by atoms with Crippen LogP contribution in [0.5, 0.6) is 11.5 Å². The number of ether oxygens (including phenoxy) is 3. The van der Waals surface area contributed by atoms with Crippen LogP contribution in [0.25, 0.3) is 6.08 Å². The van der Waals surface area contributed by atoms with E-state index in [-0.39, 0.29) is 34.4 Å². The third kappa shape index (κ3) is 7.15. The lowest BCUT2D eigenvalue weighted by molar-refractivity contribution is -0.143. The van der Waals surface area contributed by atoms with Crippen LogP contribution in [0.2, 0.25) is 5.02 Å². The van der Waals surface area contributed by atoms with Crippen LogP contribution in [0.4, 0.5) is 18.9 Å². The number of hydrogen-bond acceptors (Lipinski definition) is 6. The highest BCUT2D eigenvalue weighted by atomic mass is 35.5. The molecule has 0 saturated heterocycles. The van der Waals surface area contributed by atoms with E-state index >= 15 is 0 Å². The molecule has 0 aliphatic carbocycles. The highest BCUT2D eigenvalue weighted by molar-refractivity contribution is 6.32. The number of amides is 1. The Bertz CT molecular complexity index is 1110. The number of nitrogens with one attached hydrogen (secondary N) is 1. The zero-order chi connectivity index (χ0) is 24.6. The fourth-order valence-electron chi connectivity index (χ4n) is 2.55. The van der Waals surface area contributed by atoms with Crippen LogP contribution in [0.1, 0.15) is 18.1 Å². The summed E-state index contributed by atoms with van der Waals surface area (Å²) in [6.45, 7) is 1.50. The van der Waals surface area contributed by atoms with E-state index in [1.807, 2.05) is 0 Å². The number of halogens is 4. The van der Waals surface area contributed by atoms with Crippen LogP contribution < -0.4 is 14.8 Å². The van der Waals surface area contributed by atoms with E-state index in [9.17, 15) is 28.0 Å².